The fourth-order valence-corrected chi connectivity index (χ4v) is 4.61. The molecule has 0 aliphatic carbocycles. The molecule has 1 aromatic carbocycles. The topological polar surface area (TPSA) is 88.3 Å². The van der Waals surface area contributed by atoms with Gasteiger partial charge in [-0.2, -0.15) is 0 Å². The Hall–Kier alpha value is -2.32. The zero-order valence-electron chi connectivity index (χ0n) is 16.6. The van der Waals surface area contributed by atoms with Gasteiger partial charge in [-0.1, -0.05) is 12.1 Å². The number of aromatic nitrogens is 1. The van der Waals surface area contributed by atoms with E-state index in [1.807, 2.05) is 6.92 Å². The van der Waals surface area contributed by atoms with Gasteiger partial charge in [0.1, 0.15) is 10.7 Å². The number of primary amides is 1. The van der Waals surface area contributed by atoms with Gasteiger partial charge in [-0.3, -0.25) is 9.59 Å². The summed E-state index contributed by atoms with van der Waals surface area (Å²) < 4.78 is 13.0. The van der Waals surface area contributed by atoms with Crippen molar-refractivity contribution in [2.75, 3.05) is 26.2 Å². The fourth-order valence-electron chi connectivity index (χ4n) is 3.59. The average Bonchev–Trinajstić information content (AvgIpc) is 3.07. The monoisotopic (exact) mass is 418 g/mol. The third-order valence-corrected chi connectivity index (χ3v) is 6.32. The molecule has 1 atom stereocenters. The second kappa shape index (κ2) is 9.93. The molecule has 0 spiro atoms. The zero-order chi connectivity index (χ0) is 20.8. The number of likely N-dealkylation sites (tertiary alicyclic amines) is 1. The lowest BCUT2D eigenvalue weighted by atomic mass is 9.97. The highest BCUT2D eigenvalue weighted by Gasteiger charge is 2.23. The van der Waals surface area contributed by atoms with E-state index >= 15 is 0 Å². The van der Waals surface area contributed by atoms with Gasteiger partial charge < -0.3 is 16.0 Å². The number of piperidine rings is 1. The summed E-state index contributed by atoms with van der Waals surface area (Å²) in [5.41, 5.74) is 7.09. The molecule has 1 aliphatic rings. The van der Waals surface area contributed by atoms with Crippen molar-refractivity contribution in [1.29, 1.82) is 0 Å². The van der Waals surface area contributed by atoms with Crippen LogP contribution in [0.5, 0.6) is 0 Å². The maximum absolute atomic E-state index is 13.0. The summed E-state index contributed by atoms with van der Waals surface area (Å²) in [4.78, 5) is 31.2. The summed E-state index contributed by atoms with van der Waals surface area (Å²) in [7, 11) is 0. The lowest BCUT2D eigenvalue weighted by Gasteiger charge is -2.31. The standard InChI is InChI=1S/C21H27FN4O2S/c1-14-19(29-18(25-14)12-15-5-7-17(22)8-6-15)21(28)24-9-3-11-26-10-2-4-16(13-26)20(23)27/h5-8,16H,2-4,9-13H2,1H3,(H2,23,27)(H,24,28). The molecule has 0 saturated carbocycles. The molecule has 8 heteroatoms. The van der Waals surface area contributed by atoms with Gasteiger partial charge in [-0.05, 0) is 57.0 Å². The van der Waals surface area contributed by atoms with Crippen molar-refractivity contribution in [2.45, 2.75) is 32.6 Å². The molecule has 0 bridgehead atoms. The van der Waals surface area contributed by atoms with Crippen LogP contribution in [0.4, 0.5) is 4.39 Å². The first kappa shape index (κ1) is 21.4. The van der Waals surface area contributed by atoms with Crippen LogP contribution >= 0.6 is 11.3 Å². The van der Waals surface area contributed by atoms with Crippen molar-refractivity contribution in [1.82, 2.24) is 15.2 Å². The Morgan fingerprint density at radius 3 is 2.83 bits per heavy atom. The summed E-state index contributed by atoms with van der Waals surface area (Å²) in [6.45, 7) is 4.92. The minimum Gasteiger partial charge on any atom is -0.369 e. The van der Waals surface area contributed by atoms with E-state index in [4.69, 9.17) is 5.73 Å². The summed E-state index contributed by atoms with van der Waals surface area (Å²) >= 11 is 1.38. The van der Waals surface area contributed by atoms with E-state index in [2.05, 4.69) is 15.2 Å². The molecular weight excluding hydrogens is 391 g/mol. The van der Waals surface area contributed by atoms with Gasteiger partial charge in [-0.15, -0.1) is 11.3 Å². The number of thiazole rings is 1. The van der Waals surface area contributed by atoms with E-state index in [1.54, 1.807) is 12.1 Å². The lowest BCUT2D eigenvalue weighted by molar-refractivity contribution is -0.123. The molecular formula is C21H27FN4O2S. The fraction of sp³-hybridized carbons (Fsp3) is 0.476. The Labute approximate surface area is 174 Å². The SMILES string of the molecule is Cc1nc(Cc2ccc(F)cc2)sc1C(=O)NCCCN1CCCC(C(N)=O)C1. The van der Waals surface area contributed by atoms with E-state index in [-0.39, 0.29) is 23.5 Å². The second-order valence-corrected chi connectivity index (χ2v) is 8.56. The predicted molar refractivity (Wildman–Crippen MR) is 111 cm³/mol. The van der Waals surface area contributed by atoms with Crippen molar-refractivity contribution in [3.8, 4) is 0 Å². The Balaban J connectivity index is 1.45. The first-order chi connectivity index (χ1) is 13.9. The third kappa shape index (κ3) is 6.08. The van der Waals surface area contributed by atoms with Crippen LogP contribution in [0.2, 0.25) is 0 Å². The van der Waals surface area contributed by atoms with Crippen LogP contribution in [-0.4, -0.2) is 47.9 Å². The summed E-state index contributed by atoms with van der Waals surface area (Å²) in [6, 6.07) is 6.32. The van der Waals surface area contributed by atoms with Crippen molar-refractivity contribution in [2.24, 2.45) is 11.7 Å². The molecule has 2 amide bonds. The number of carbonyl (C=O) groups excluding carboxylic acids is 2. The number of hydrogen-bond donors (Lipinski definition) is 2. The van der Waals surface area contributed by atoms with Crippen LogP contribution in [0.15, 0.2) is 24.3 Å². The molecule has 29 heavy (non-hydrogen) atoms. The van der Waals surface area contributed by atoms with Gasteiger partial charge in [0, 0.05) is 19.5 Å². The molecule has 3 N–H and O–H groups in total. The van der Waals surface area contributed by atoms with Gasteiger partial charge in [0.15, 0.2) is 0 Å². The molecule has 6 nitrogen and oxygen atoms in total. The highest BCUT2D eigenvalue weighted by molar-refractivity contribution is 7.13. The van der Waals surface area contributed by atoms with Gasteiger partial charge in [-0.25, -0.2) is 9.37 Å². The molecule has 2 heterocycles. The molecule has 1 unspecified atom stereocenters. The van der Waals surface area contributed by atoms with Crippen molar-refractivity contribution >= 4 is 23.2 Å². The highest BCUT2D eigenvalue weighted by atomic mass is 32.1. The number of amides is 2. The molecule has 1 fully saturated rings. The maximum Gasteiger partial charge on any atom is 0.263 e. The number of nitrogens with two attached hydrogens (primary N) is 1. The van der Waals surface area contributed by atoms with Gasteiger partial charge in [0.25, 0.3) is 5.91 Å². The van der Waals surface area contributed by atoms with E-state index in [0.717, 1.165) is 42.9 Å². The Kier molecular flexibility index (Phi) is 7.33. The van der Waals surface area contributed by atoms with Gasteiger partial charge in [0.2, 0.25) is 5.91 Å². The number of nitrogens with zero attached hydrogens (tertiary/aromatic N) is 2. The number of carbonyl (C=O) groups is 2. The van der Waals surface area contributed by atoms with Crippen molar-refractivity contribution in [3.05, 3.63) is 51.2 Å². The van der Waals surface area contributed by atoms with E-state index in [1.165, 1.54) is 23.5 Å². The zero-order valence-corrected chi connectivity index (χ0v) is 17.4. The van der Waals surface area contributed by atoms with Crippen LogP contribution in [0.25, 0.3) is 0 Å². The van der Waals surface area contributed by atoms with E-state index < -0.39 is 0 Å². The van der Waals surface area contributed by atoms with Crippen LogP contribution in [-0.2, 0) is 11.2 Å². The third-order valence-electron chi connectivity index (χ3n) is 5.16. The smallest absolute Gasteiger partial charge is 0.263 e. The second-order valence-electron chi connectivity index (χ2n) is 7.48. The van der Waals surface area contributed by atoms with Gasteiger partial charge in [0.05, 0.1) is 16.6 Å². The number of nitrogens with one attached hydrogen (secondary N) is 1. The normalized spacial score (nSPS) is 17.2. The van der Waals surface area contributed by atoms with Crippen LogP contribution in [0.3, 0.4) is 0 Å². The Bertz CT molecular complexity index is 853. The summed E-state index contributed by atoms with van der Waals surface area (Å²) in [5.74, 6) is -0.657. The van der Waals surface area contributed by atoms with Gasteiger partial charge >= 0.3 is 0 Å². The minimum atomic E-state index is -0.265. The number of hydrogen-bond acceptors (Lipinski definition) is 5. The molecule has 2 aromatic rings. The lowest BCUT2D eigenvalue weighted by Crippen LogP contribution is -2.42. The largest absolute Gasteiger partial charge is 0.369 e. The molecule has 1 saturated heterocycles. The Morgan fingerprint density at radius 1 is 1.34 bits per heavy atom. The van der Waals surface area contributed by atoms with E-state index in [0.29, 0.717) is 30.1 Å². The minimum absolute atomic E-state index is 0.0577. The first-order valence-corrected chi connectivity index (χ1v) is 10.7. The summed E-state index contributed by atoms with van der Waals surface area (Å²) in [6.07, 6.45) is 3.25. The molecule has 0 radical (unpaired) electrons. The number of halogens is 1. The predicted octanol–water partition coefficient (Wildman–Crippen LogP) is 2.50. The van der Waals surface area contributed by atoms with Crippen LogP contribution < -0.4 is 11.1 Å². The maximum atomic E-state index is 13.0. The Morgan fingerprint density at radius 2 is 2.10 bits per heavy atom. The summed E-state index contributed by atoms with van der Waals surface area (Å²) in [5, 5.41) is 3.80. The molecule has 1 aliphatic heterocycles. The highest BCUT2D eigenvalue weighted by Crippen LogP contribution is 2.21. The number of rotatable bonds is 8. The number of benzene rings is 1. The van der Waals surface area contributed by atoms with Crippen molar-refractivity contribution < 1.29 is 14.0 Å². The number of aryl methyl sites for hydroxylation is 1. The molecule has 3 rings (SSSR count). The average molecular weight is 419 g/mol. The van der Waals surface area contributed by atoms with E-state index in [9.17, 15) is 14.0 Å². The van der Waals surface area contributed by atoms with Crippen molar-refractivity contribution in [3.63, 3.8) is 0 Å². The first-order valence-electron chi connectivity index (χ1n) is 9.93. The van der Waals surface area contributed by atoms with Crippen LogP contribution in [0.1, 0.15) is 45.2 Å². The molecule has 156 valence electrons. The molecule has 1 aromatic heterocycles. The van der Waals surface area contributed by atoms with Crippen LogP contribution in [0, 0.1) is 18.7 Å². The quantitative estimate of drug-likeness (QED) is 0.645.